The third kappa shape index (κ3) is 7.15. The number of hydrogen-bond acceptors (Lipinski definition) is 5. The molecule has 0 aliphatic heterocycles. The fraction of sp³-hybridized carbons (Fsp3) is 0. The van der Waals surface area contributed by atoms with Crippen molar-refractivity contribution in [2.24, 2.45) is 10.3 Å². The Labute approximate surface area is 259 Å². The molecule has 0 saturated heterocycles. The number of hydrogen-bond donors (Lipinski definition) is 2. The highest BCUT2D eigenvalue weighted by Crippen LogP contribution is 2.34. The molecule has 0 unspecified atom stereocenters. The van der Waals surface area contributed by atoms with Crippen LogP contribution in [0.4, 0.5) is 17.1 Å². The Kier molecular flexibility index (Phi) is 9.47. The van der Waals surface area contributed by atoms with Gasteiger partial charge in [-0.15, -0.1) is 5.11 Å². The summed E-state index contributed by atoms with van der Waals surface area (Å²) in [5.74, 6) is -2.54. The topological polar surface area (TPSA) is 120 Å². The van der Waals surface area contributed by atoms with Crippen LogP contribution in [0.1, 0.15) is 36.6 Å². The first-order chi connectivity index (χ1) is 21.9. The molecule has 0 amide bonds. The summed E-state index contributed by atoms with van der Waals surface area (Å²) in [4.78, 5) is 34.0. The molecule has 0 radical (unpaired) electrons. The molecule has 6 aromatic carbocycles. The predicted octanol–water partition coefficient (Wildman–Crippen LogP) is 8.99. The molecular formula is C37H27N3O5. The largest absolute Gasteiger partial charge is 0.478 e. The first kappa shape index (κ1) is 30.1. The number of carbonyl (C=O) groups is 3. The Morgan fingerprint density at radius 2 is 1.02 bits per heavy atom. The van der Waals surface area contributed by atoms with Crippen LogP contribution >= 0.6 is 0 Å². The van der Waals surface area contributed by atoms with Crippen LogP contribution in [0.15, 0.2) is 162 Å². The summed E-state index contributed by atoms with van der Waals surface area (Å²) in [5, 5.41) is 30.3. The molecule has 220 valence electrons. The van der Waals surface area contributed by atoms with Crippen molar-refractivity contribution < 1.29 is 24.6 Å². The Morgan fingerprint density at radius 1 is 0.511 bits per heavy atom. The van der Waals surface area contributed by atoms with Gasteiger partial charge in [-0.3, -0.25) is 4.79 Å². The minimum Gasteiger partial charge on any atom is -0.478 e. The average Bonchev–Trinajstić information content (AvgIpc) is 3.09. The first-order valence-corrected chi connectivity index (χ1v) is 13.9. The lowest BCUT2D eigenvalue weighted by Gasteiger charge is -2.20. The molecule has 2 N–H and O–H groups in total. The number of anilines is 2. The van der Waals surface area contributed by atoms with Crippen molar-refractivity contribution in [3.63, 3.8) is 0 Å². The summed E-state index contributed by atoms with van der Waals surface area (Å²) in [6.07, 6.45) is 0. The highest BCUT2D eigenvalue weighted by Gasteiger charge is 2.16. The maximum Gasteiger partial charge on any atom is 0.336 e. The van der Waals surface area contributed by atoms with Crippen LogP contribution in [-0.2, 0) is 0 Å². The normalized spacial score (nSPS) is 10.6. The molecule has 0 spiro atoms. The number of nitrogens with zero attached hydrogens (tertiary/aromatic N) is 3. The lowest BCUT2D eigenvalue weighted by molar-refractivity contribution is 0.0651. The van der Waals surface area contributed by atoms with Gasteiger partial charge in [-0.25, -0.2) is 14.6 Å². The maximum absolute atomic E-state index is 13.1. The smallest absolute Gasteiger partial charge is 0.336 e. The van der Waals surface area contributed by atoms with Crippen molar-refractivity contribution in [3.05, 3.63) is 174 Å². The third-order valence-electron chi connectivity index (χ3n) is 6.81. The molecule has 0 aromatic heterocycles. The molecule has 0 aliphatic rings. The van der Waals surface area contributed by atoms with Gasteiger partial charge in [0, 0.05) is 10.9 Å². The van der Waals surface area contributed by atoms with Gasteiger partial charge in [0.1, 0.15) is 0 Å². The average molecular weight is 594 g/mol. The number of carbonyl (C=O) groups excluding carboxylic acids is 1. The van der Waals surface area contributed by atoms with Gasteiger partial charge in [0.15, 0.2) is 5.78 Å². The number of fused-ring (bicyclic) bond motifs is 1. The molecule has 6 aromatic rings. The second kappa shape index (κ2) is 14.2. The molecule has 8 heteroatoms. The van der Waals surface area contributed by atoms with Crippen molar-refractivity contribution in [3.8, 4) is 0 Å². The Bertz CT molecular complexity index is 1950. The quantitative estimate of drug-likeness (QED) is 0.103. The van der Waals surface area contributed by atoms with Crippen LogP contribution in [0.3, 0.4) is 0 Å². The number of aromatic carboxylic acids is 2. The fourth-order valence-electron chi connectivity index (χ4n) is 4.65. The summed E-state index contributed by atoms with van der Waals surface area (Å²) in [6, 6.07) is 46.2. The third-order valence-corrected chi connectivity index (χ3v) is 6.81. The summed E-state index contributed by atoms with van der Waals surface area (Å²) in [6.45, 7) is 0. The minimum atomic E-state index is -1.23. The molecule has 0 saturated carbocycles. The van der Waals surface area contributed by atoms with Crippen LogP contribution in [0.25, 0.3) is 10.8 Å². The van der Waals surface area contributed by atoms with Crippen molar-refractivity contribution in [2.75, 3.05) is 5.01 Å². The molecule has 0 aliphatic carbocycles. The Balaban J connectivity index is 0.000000282. The predicted molar refractivity (Wildman–Crippen MR) is 174 cm³/mol. The summed E-state index contributed by atoms with van der Waals surface area (Å²) in [7, 11) is 0. The van der Waals surface area contributed by atoms with E-state index in [-0.39, 0.29) is 16.9 Å². The summed E-state index contributed by atoms with van der Waals surface area (Å²) < 4.78 is 0. The number of rotatable bonds is 8. The van der Waals surface area contributed by atoms with E-state index in [9.17, 15) is 14.4 Å². The summed E-state index contributed by atoms with van der Waals surface area (Å²) in [5.41, 5.74) is 3.06. The van der Waals surface area contributed by atoms with Gasteiger partial charge in [0.05, 0.1) is 33.8 Å². The highest BCUT2D eigenvalue weighted by atomic mass is 16.4. The van der Waals surface area contributed by atoms with Gasteiger partial charge in [0.2, 0.25) is 0 Å². The molecule has 6 rings (SSSR count). The fourth-order valence-corrected chi connectivity index (χ4v) is 4.65. The van der Waals surface area contributed by atoms with Crippen LogP contribution in [0.2, 0.25) is 0 Å². The van der Waals surface area contributed by atoms with Crippen LogP contribution in [0.5, 0.6) is 0 Å². The number of carboxylic acid groups (broad SMARTS) is 2. The van der Waals surface area contributed by atoms with E-state index >= 15 is 0 Å². The van der Waals surface area contributed by atoms with E-state index in [1.54, 1.807) is 6.07 Å². The van der Waals surface area contributed by atoms with E-state index in [2.05, 4.69) is 28.5 Å². The highest BCUT2D eigenvalue weighted by molar-refractivity contribution is 6.12. The monoisotopic (exact) mass is 593 g/mol. The van der Waals surface area contributed by atoms with Crippen molar-refractivity contribution >= 4 is 45.6 Å². The standard InChI is InChI=1S/C29H21N3O.C8H6O4/c33-29(23-13-3-1-4-14-23)26-19-9-10-20-27(26)30-31-32(24-16-5-2-6-17-24)28-21-11-15-22-12-7-8-18-25(22)28;9-7(10)5-3-1-2-4-6(5)8(11)12/h1-21H;1-4H,(H,9,10)(H,11,12). The van der Waals surface area contributed by atoms with Gasteiger partial charge in [-0.2, -0.15) is 0 Å². The molecule has 0 fully saturated rings. The number of ketones is 1. The zero-order valence-electron chi connectivity index (χ0n) is 23.9. The molecule has 0 bridgehead atoms. The van der Waals surface area contributed by atoms with Crippen molar-refractivity contribution in [1.29, 1.82) is 0 Å². The van der Waals surface area contributed by atoms with E-state index in [0.717, 1.165) is 22.1 Å². The Hall–Kier alpha value is -6.41. The van der Waals surface area contributed by atoms with Gasteiger partial charge in [-0.1, -0.05) is 114 Å². The van der Waals surface area contributed by atoms with E-state index in [4.69, 9.17) is 10.2 Å². The van der Waals surface area contributed by atoms with E-state index < -0.39 is 11.9 Å². The maximum atomic E-state index is 13.1. The number of para-hydroxylation sites is 1. The molecule has 8 nitrogen and oxygen atoms in total. The molecular weight excluding hydrogens is 566 g/mol. The number of carboxylic acids is 2. The van der Waals surface area contributed by atoms with Crippen molar-refractivity contribution in [1.82, 2.24) is 0 Å². The van der Waals surface area contributed by atoms with Gasteiger partial charge in [-0.05, 0) is 47.9 Å². The van der Waals surface area contributed by atoms with Gasteiger partial charge in [0.25, 0.3) is 0 Å². The van der Waals surface area contributed by atoms with Crippen LogP contribution in [0, 0.1) is 0 Å². The molecule has 45 heavy (non-hydrogen) atoms. The van der Waals surface area contributed by atoms with E-state index in [1.807, 2.05) is 108 Å². The van der Waals surface area contributed by atoms with Crippen molar-refractivity contribution in [2.45, 2.75) is 0 Å². The minimum absolute atomic E-state index is 0.0819. The SMILES string of the molecule is O=C(O)c1ccccc1C(=O)O.O=C(c1ccccc1)c1ccccc1N=NN(c1ccccc1)c1cccc2ccccc12. The van der Waals surface area contributed by atoms with Crippen LogP contribution < -0.4 is 5.01 Å². The van der Waals surface area contributed by atoms with Gasteiger partial charge >= 0.3 is 11.9 Å². The first-order valence-electron chi connectivity index (χ1n) is 13.9. The second-order valence-electron chi connectivity index (χ2n) is 9.70. The number of benzene rings is 6. The van der Waals surface area contributed by atoms with Gasteiger partial charge < -0.3 is 10.2 Å². The lowest BCUT2D eigenvalue weighted by atomic mass is 10.0. The zero-order valence-corrected chi connectivity index (χ0v) is 23.9. The molecule has 0 heterocycles. The lowest BCUT2D eigenvalue weighted by Crippen LogP contribution is -2.08. The van der Waals surface area contributed by atoms with E-state index in [0.29, 0.717) is 16.8 Å². The van der Waals surface area contributed by atoms with E-state index in [1.165, 1.54) is 24.3 Å². The summed E-state index contributed by atoms with van der Waals surface area (Å²) >= 11 is 0. The Morgan fingerprint density at radius 3 is 1.67 bits per heavy atom. The van der Waals surface area contributed by atoms with Crippen LogP contribution in [-0.4, -0.2) is 27.9 Å². The molecule has 0 atom stereocenters. The zero-order chi connectivity index (χ0) is 31.6. The second-order valence-corrected chi connectivity index (χ2v) is 9.70.